The number of fused-ring (bicyclic) bond motifs is 24. The number of aromatic nitrogens is 5. The van der Waals surface area contributed by atoms with E-state index in [-0.39, 0.29) is 21.7 Å². The number of hydrogen-bond acceptors (Lipinski definition) is 3. The highest BCUT2D eigenvalue weighted by atomic mass is 15.0. The van der Waals surface area contributed by atoms with Gasteiger partial charge in [-0.15, -0.1) is 0 Å². The van der Waals surface area contributed by atoms with Crippen LogP contribution in [0.4, 0.5) is 0 Å². The molecule has 0 amide bonds. The Morgan fingerprint density at radius 1 is 0.298 bits per heavy atom. The van der Waals surface area contributed by atoms with Crippen molar-refractivity contribution < 1.29 is 0 Å². The van der Waals surface area contributed by atoms with Crippen LogP contribution < -0.4 is 0 Å². The minimum Gasteiger partial charge on any atom is -0.354 e. The number of nitrogens with zero attached hydrogens (tertiary/aromatic N) is 3. The number of rotatable bonds is 2. The SMILES string of the molecule is CC(C)(C)c1cc(-c2c3nc(nc4[nH]c(c(-c5cc(C(C)(C)C)cc(C(C)(C)C)c5)c5nc(cc6[nH]c2c2cc7ccccc7cc62)-c2cc6ccccc6cc2-5)c2cc5ccccc5cc42)-c2cc4ccccc4cc2-3)cc(C(C)(C)C)c1. The second-order valence-corrected chi connectivity index (χ2v) is 28.0. The molecule has 0 saturated carbocycles. The van der Waals surface area contributed by atoms with Gasteiger partial charge in [0.25, 0.3) is 0 Å². The zero-order valence-electron chi connectivity index (χ0n) is 50.2. The van der Waals surface area contributed by atoms with Crippen molar-refractivity contribution in [1.29, 1.82) is 0 Å². The van der Waals surface area contributed by atoms with Gasteiger partial charge in [0.1, 0.15) is 5.65 Å². The number of nitrogens with one attached hydrogen (secondary N) is 2. The van der Waals surface area contributed by atoms with Crippen LogP contribution in [0.3, 0.4) is 0 Å². The summed E-state index contributed by atoms with van der Waals surface area (Å²) in [7, 11) is 0. The Kier molecular flexibility index (Phi) is 11.2. The molecule has 0 aliphatic carbocycles. The number of H-pyrrole nitrogens is 2. The van der Waals surface area contributed by atoms with Gasteiger partial charge in [0.05, 0.1) is 28.1 Å². The van der Waals surface area contributed by atoms with E-state index in [9.17, 15) is 0 Å². The van der Waals surface area contributed by atoms with Crippen LogP contribution in [0.1, 0.15) is 105 Å². The van der Waals surface area contributed by atoms with Gasteiger partial charge in [-0.05, 0) is 153 Å². The minimum atomic E-state index is -0.152. The van der Waals surface area contributed by atoms with Crippen LogP contribution in [0.2, 0.25) is 0 Å². The van der Waals surface area contributed by atoms with Crippen LogP contribution in [0.5, 0.6) is 0 Å². The topological polar surface area (TPSA) is 70.2 Å². The fraction of sp³-hybridized carbons (Fsp3) is 0.203. The molecule has 8 bridgehead atoms. The Balaban J connectivity index is 1.24. The predicted molar refractivity (Wildman–Crippen MR) is 358 cm³/mol. The average Bonchev–Trinajstić information content (AvgIpc) is 1.81. The van der Waals surface area contributed by atoms with Crippen molar-refractivity contribution in [2.45, 2.75) is 105 Å². The lowest BCUT2D eigenvalue weighted by Crippen LogP contribution is -2.16. The minimum absolute atomic E-state index is 0.152. The van der Waals surface area contributed by atoms with Crippen molar-refractivity contribution in [2.24, 2.45) is 0 Å². The molecule has 2 N–H and O–H groups in total. The van der Waals surface area contributed by atoms with Gasteiger partial charge in [-0.2, -0.15) is 0 Å². The van der Waals surface area contributed by atoms with Gasteiger partial charge < -0.3 is 9.97 Å². The lowest BCUT2D eigenvalue weighted by molar-refractivity contribution is 0.568. The summed E-state index contributed by atoms with van der Waals surface area (Å²) in [6.07, 6.45) is 0. The second kappa shape index (κ2) is 18.2. The average molecular weight is 1090 g/mol. The molecule has 15 rings (SSSR count). The summed E-state index contributed by atoms with van der Waals surface area (Å²) in [5.41, 5.74) is 19.3. The normalized spacial score (nSPS) is 13.0. The maximum absolute atomic E-state index is 6.05. The first-order valence-electron chi connectivity index (χ1n) is 29.8. The highest BCUT2D eigenvalue weighted by molar-refractivity contribution is 6.20. The third kappa shape index (κ3) is 8.45. The molecule has 5 heterocycles. The predicted octanol–water partition coefficient (Wildman–Crippen LogP) is 21.8. The van der Waals surface area contributed by atoms with E-state index in [1.165, 1.54) is 33.0 Å². The molecule has 13 aromatic rings. The molecule has 0 fully saturated rings. The zero-order chi connectivity index (χ0) is 57.9. The Hall–Kier alpha value is -9.19. The molecular formula is C79H69N5. The van der Waals surface area contributed by atoms with E-state index in [2.05, 4.69) is 281 Å². The fourth-order valence-corrected chi connectivity index (χ4v) is 13.1. The van der Waals surface area contributed by atoms with Gasteiger partial charge in [-0.25, -0.2) is 15.0 Å². The quantitative estimate of drug-likeness (QED) is 0.181. The first-order chi connectivity index (χ1) is 40.1. The van der Waals surface area contributed by atoms with Gasteiger partial charge in [0.15, 0.2) is 5.82 Å². The molecule has 0 saturated heterocycles. The van der Waals surface area contributed by atoms with Crippen LogP contribution in [0.15, 0.2) is 188 Å². The molecule has 2 aliphatic rings. The molecular weight excluding hydrogens is 1020 g/mol. The molecule has 0 unspecified atom stereocenters. The molecule has 0 spiro atoms. The van der Waals surface area contributed by atoms with Crippen molar-refractivity contribution in [3.8, 4) is 67.4 Å². The second-order valence-electron chi connectivity index (χ2n) is 28.0. The van der Waals surface area contributed by atoms with Crippen molar-refractivity contribution in [1.82, 2.24) is 24.9 Å². The Bertz CT molecular complexity index is 4780. The number of hydrogen-bond donors (Lipinski definition) is 2. The molecule has 3 aromatic heterocycles. The van der Waals surface area contributed by atoms with Gasteiger partial charge in [-0.3, -0.25) is 0 Å². The maximum atomic E-state index is 6.05. The standard InChI is InChI=1S/C79H69N5/c1-76(2,3)54-29-52(30-55(41-54)77(4,5)6)68-70-60-35-46-23-15-13-21-44(46)33-58(60)66(80-70)43-67-59-34-45-22-14-16-24-47(45)36-61(59)71(81-67)69(53-31-56(78(7,8)9)42-57(32-53)79(10,11)12)73-63-38-49-26-18-20-28-51(49)40-65(63)75(83-73)84-74-64-39-50-27-19-17-25-48(50)37-62(64)72(68)82-74/h13-43,80H,1-12H3,(H,82,83,84). The Morgan fingerprint density at radius 2 is 0.643 bits per heavy atom. The highest BCUT2D eigenvalue weighted by Gasteiger charge is 2.31. The fourth-order valence-electron chi connectivity index (χ4n) is 13.1. The summed E-state index contributed by atoms with van der Waals surface area (Å²) in [5, 5.41) is 13.6. The lowest BCUT2D eigenvalue weighted by atomic mass is 9.78. The summed E-state index contributed by atoms with van der Waals surface area (Å²) in [6.45, 7) is 27.9. The monoisotopic (exact) mass is 1090 g/mol. The van der Waals surface area contributed by atoms with E-state index in [0.29, 0.717) is 5.82 Å². The van der Waals surface area contributed by atoms with E-state index in [4.69, 9.17) is 15.0 Å². The van der Waals surface area contributed by atoms with E-state index in [1.807, 2.05) is 0 Å². The van der Waals surface area contributed by atoms with Crippen molar-refractivity contribution in [3.05, 3.63) is 210 Å². The summed E-state index contributed by atoms with van der Waals surface area (Å²) < 4.78 is 0. The van der Waals surface area contributed by atoms with Crippen molar-refractivity contribution in [3.63, 3.8) is 0 Å². The highest BCUT2D eigenvalue weighted by Crippen LogP contribution is 2.51. The van der Waals surface area contributed by atoms with E-state index in [1.54, 1.807) is 0 Å². The van der Waals surface area contributed by atoms with Crippen LogP contribution >= 0.6 is 0 Å². The smallest absolute Gasteiger partial charge is 0.162 e. The molecule has 0 atom stereocenters. The third-order valence-electron chi connectivity index (χ3n) is 18.0. The van der Waals surface area contributed by atoms with Gasteiger partial charge in [0.2, 0.25) is 0 Å². The summed E-state index contributed by atoms with van der Waals surface area (Å²) in [4.78, 5) is 26.3. The summed E-state index contributed by atoms with van der Waals surface area (Å²) in [5.74, 6) is 0.659. The van der Waals surface area contributed by atoms with E-state index < -0.39 is 0 Å². The molecule has 5 nitrogen and oxygen atoms in total. The molecule has 410 valence electrons. The van der Waals surface area contributed by atoms with Gasteiger partial charge in [0, 0.05) is 60.4 Å². The number of benzene rings is 10. The zero-order valence-corrected chi connectivity index (χ0v) is 50.2. The molecule has 2 aliphatic heterocycles. The third-order valence-corrected chi connectivity index (χ3v) is 18.0. The summed E-state index contributed by atoms with van der Waals surface area (Å²) in [6, 6.07) is 70.6. The van der Waals surface area contributed by atoms with Crippen LogP contribution in [0.25, 0.3) is 154 Å². The van der Waals surface area contributed by atoms with Crippen molar-refractivity contribution in [2.75, 3.05) is 0 Å². The first-order valence-corrected chi connectivity index (χ1v) is 29.8. The molecule has 10 aromatic carbocycles. The van der Waals surface area contributed by atoms with E-state index >= 15 is 0 Å². The van der Waals surface area contributed by atoms with E-state index in [0.717, 1.165) is 138 Å². The largest absolute Gasteiger partial charge is 0.354 e. The summed E-state index contributed by atoms with van der Waals surface area (Å²) >= 11 is 0. The number of aromatic amines is 2. The first kappa shape index (κ1) is 51.7. The van der Waals surface area contributed by atoms with Crippen LogP contribution in [-0.4, -0.2) is 24.9 Å². The molecule has 84 heavy (non-hydrogen) atoms. The maximum Gasteiger partial charge on any atom is 0.162 e. The van der Waals surface area contributed by atoms with Gasteiger partial charge >= 0.3 is 0 Å². The molecule has 5 heteroatoms. The van der Waals surface area contributed by atoms with Crippen LogP contribution in [0, 0.1) is 0 Å². The Labute approximate surface area is 491 Å². The lowest BCUT2D eigenvalue weighted by Gasteiger charge is -2.26. The Morgan fingerprint density at radius 3 is 1.08 bits per heavy atom. The van der Waals surface area contributed by atoms with Gasteiger partial charge in [-0.1, -0.05) is 217 Å². The molecule has 0 radical (unpaired) electrons. The van der Waals surface area contributed by atoms with Crippen LogP contribution in [-0.2, 0) is 21.7 Å². The van der Waals surface area contributed by atoms with Crippen molar-refractivity contribution >= 4 is 86.8 Å².